The number of fused-ring (bicyclic) bond motifs is 1. The zero-order valence-corrected chi connectivity index (χ0v) is 14.0. The number of rotatable bonds is 4. The van der Waals surface area contributed by atoms with Crippen LogP contribution in [0.25, 0.3) is 10.9 Å². The average Bonchev–Trinajstić information content (AvgIpc) is 2.52. The van der Waals surface area contributed by atoms with Crippen molar-refractivity contribution >= 4 is 33.5 Å². The van der Waals surface area contributed by atoms with Gasteiger partial charge in [-0.2, -0.15) is 0 Å². The number of aromatic nitrogens is 1. The minimum atomic E-state index is 0.217. The van der Waals surface area contributed by atoms with Crippen molar-refractivity contribution < 1.29 is 0 Å². The molecule has 0 radical (unpaired) electrons. The molecule has 0 aliphatic rings. The topological polar surface area (TPSA) is 24.9 Å². The molecule has 1 heterocycles. The SMILES string of the molecule is CCNC(c1cccc(I)c1)c1ccc2ncccc2c1. The molecule has 0 aliphatic carbocycles. The van der Waals surface area contributed by atoms with Gasteiger partial charge in [0.1, 0.15) is 0 Å². The summed E-state index contributed by atoms with van der Waals surface area (Å²) in [5.74, 6) is 0. The quantitative estimate of drug-likeness (QED) is 0.664. The van der Waals surface area contributed by atoms with Crippen molar-refractivity contribution in [3.8, 4) is 0 Å². The largest absolute Gasteiger partial charge is 0.307 e. The summed E-state index contributed by atoms with van der Waals surface area (Å²) in [5, 5.41) is 4.77. The molecule has 106 valence electrons. The van der Waals surface area contributed by atoms with Gasteiger partial charge in [-0.25, -0.2) is 0 Å². The Bertz CT molecular complexity index is 755. The molecule has 3 aromatic rings. The van der Waals surface area contributed by atoms with Gasteiger partial charge >= 0.3 is 0 Å². The van der Waals surface area contributed by atoms with Crippen LogP contribution in [0.2, 0.25) is 0 Å². The molecular formula is C18H17IN2. The average molecular weight is 388 g/mol. The Balaban J connectivity index is 2.06. The van der Waals surface area contributed by atoms with Gasteiger partial charge in [0.05, 0.1) is 11.6 Å². The Morgan fingerprint density at radius 2 is 1.90 bits per heavy atom. The Labute approximate surface area is 138 Å². The maximum atomic E-state index is 4.39. The lowest BCUT2D eigenvalue weighted by Gasteiger charge is -2.19. The lowest BCUT2D eigenvalue weighted by molar-refractivity contribution is 0.631. The maximum absolute atomic E-state index is 4.39. The molecule has 3 rings (SSSR count). The molecule has 1 aromatic heterocycles. The molecule has 1 unspecified atom stereocenters. The molecule has 0 amide bonds. The van der Waals surface area contributed by atoms with Crippen molar-refractivity contribution in [1.82, 2.24) is 10.3 Å². The van der Waals surface area contributed by atoms with E-state index in [1.165, 1.54) is 20.1 Å². The highest BCUT2D eigenvalue weighted by molar-refractivity contribution is 14.1. The molecule has 2 aromatic carbocycles. The second-order valence-electron chi connectivity index (χ2n) is 5.00. The molecule has 1 atom stereocenters. The first-order valence-electron chi connectivity index (χ1n) is 7.11. The van der Waals surface area contributed by atoms with Crippen LogP contribution in [0.1, 0.15) is 24.1 Å². The number of benzene rings is 2. The van der Waals surface area contributed by atoms with Gasteiger partial charge in [0.2, 0.25) is 0 Å². The molecule has 21 heavy (non-hydrogen) atoms. The Morgan fingerprint density at radius 3 is 2.71 bits per heavy atom. The van der Waals surface area contributed by atoms with Crippen LogP contribution < -0.4 is 5.32 Å². The Hall–Kier alpha value is -1.46. The van der Waals surface area contributed by atoms with Crippen LogP contribution >= 0.6 is 22.6 Å². The highest BCUT2D eigenvalue weighted by Crippen LogP contribution is 2.26. The summed E-state index contributed by atoms with van der Waals surface area (Å²) in [7, 11) is 0. The van der Waals surface area contributed by atoms with E-state index in [1.807, 2.05) is 12.3 Å². The monoisotopic (exact) mass is 388 g/mol. The molecule has 0 fully saturated rings. The molecule has 0 aliphatic heterocycles. The van der Waals surface area contributed by atoms with E-state index in [4.69, 9.17) is 0 Å². The molecule has 0 bridgehead atoms. The number of halogens is 1. The first-order chi connectivity index (χ1) is 10.3. The fraction of sp³-hybridized carbons (Fsp3) is 0.167. The first-order valence-corrected chi connectivity index (χ1v) is 8.19. The van der Waals surface area contributed by atoms with E-state index in [-0.39, 0.29) is 6.04 Å². The lowest BCUT2D eigenvalue weighted by atomic mass is 9.97. The summed E-state index contributed by atoms with van der Waals surface area (Å²) < 4.78 is 1.26. The first kappa shape index (κ1) is 14.5. The van der Waals surface area contributed by atoms with Crippen molar-refractivity contribution in [2.45, 2.75) is 13.0 Å². The third kappa shape index (κ3) is 3.24. The smallest absolute Gasteiger partial charge is 0.0702 e. The second kappa shape index (κ2) is 6.54. The zero-order chi connectivity index (χ0) is 14.7. The molecule has 2 nitrogen and oxygen atoms in total. The van der Waals surface area contributed by atoms with E-state index in [2.05, 4.69) is 88.3 Å². The van der Waals surface area contributed by atoms with Crippen molar-refractivity contribution in [3.05, 3.63) is 75.5 Å². The van der Waals surface area contributed by atoms with E-state index in [9.17, 15) is 0 Å². The van der Waals surface area contributed by atoms with E-state index in [1.54, 1.807) is 0 Å². The van der Waals surface area contributed by atoms with Crippen LogP contribution in [0, 0.1) is 3.57 Å². The fourth-order valence-electron chi connectivity index (χ4n) is 2.59. The lowest BCUT2D eigenvalue weighted by Crippen LogP contribution is -2.22. The molecule has 3 heteroatoms. The summed E-state index contributed by atoms with van der Waals surface area (Å²) in [6.45, 7) is 3.07. The molecule has 0 saturated heterocycles. The third-order valence-corrected chi connectivity index (χ3v) is 4.22. The minimum Gasteiger partial charge on any atom is -0.307 e. The van der Waals surface area contributed by atoms with Crippen LogP contribution in [0.5, 0.6) is 0 Å². The standard InChI is InChI=1S/C18H17IN2/c1-2-20-18(14-5-3-7-16(19)12-14)15-8-9-17-13(11-15)6-4-10-21-17/h3-12,18,20H,2H2,1H3. The number of hydrogen-bond acceptors (Lipinski definition) is 2. The van der Waals surface area contributed by atoms with Gasteiger partial charge in [0.15, 0.2) is 0 Å². The Morgan fingerprint density at radius 1 is 1.05 bits per heavy atom. The van der Waals surface area contributed by atoms with E-state index in [0.717, 1.165) is 12.1 Å². The molecule has 0 spiro atoms. The zero-order valence-electron chi connectivity index (χ0n) is 11.9. The van der Waals surface area contributed by atoms with Gasteiger partial charge in [-0.05, 0) is 70.6 Å². The normalized spacial score (nSPS) is 12.5. The predicted molar refractivity (Wildman–Crippen MR) is 96.4 cm³/mol. The molecular weight excluding hydrogens is 371 g/mol. The van der Waals surface area contributed by atoms with E-state index >= 15 is 0 Å². The van der Waals surface area contributed by atoms with Gasteiger partial charge in [-0.1, -0.05) is 31.2 Å². The van der Waals surface area contributed by atoms with Gasteiger partial charge in [0.25, 0.3) is 0 Å². The van der Waals surface area contributed by atoms with Gasteiger partial charge < -0.3 is 5.32 Å². The van der Waals surface area contributed by atoms with Crippen molar-refractivity contribution in [3.63, 3.8) is 0 Å². The van der Waals surface area contributed by atoms with Crippen LogP contribution in [0.3, 0.4) is 0 Å². The third-order valence-electron chi connectivity index (χ3n) is 3.55. The van der Waals surface area contributed by atoms with Gasteiger partial charge in [0, 0.05) is 15.2 Å². The fourth-order valence-corrected chi connectivity index (χ4v) is 3.16. The number of nitrogens with one attached hydrogen (secondary N) is 1. The minimum absolute atomic E-state index is 0.217. The summed E-state index contributed by atoms with van der Waals surface area (Å²) in [4.78, 5) is 4.39. The van der Waals surface area contributed by atoms with Gasteiger partial charge in [-0.3, -0.25) is 4.98 Å². The number of pyridine rings is 1. The van der Waals surface area contributed by atoms with Crippen molar-refractivity contribution in [2.75, 3.05) is 6.54 Å². The van der Waals surface area contributed by atoms with Crippen LogP contribution in [-0.4, -0.2) is 11.5 Å². The summed E-state index contributed by atoms with van der Waals surface area (Å²) in [6, 6.07) is 19.5. The van der Waals surface area contributed by atoms with Crippen molar-refractivity contribution in [1.29, 1.82) is 0 Å². The summed E-state index contributed by atoms with van der Waals surface area (Å²) in [6.07, 6.45) is 1.84. The predicted octanol–water partition coefficient (Wildman–Crippen LogP) is 4.54. The van der Waals surface area contributed by atoms with E-state index in [0.29, 0.717) is 0 Å². The number of hydrogen-bond donors (Lipinski definition) is 1. The highest BCUT2D eigenvalue weighted by atomic mass is 127. The number of nitrogens with zero attached hydrogens (tertiary/aromatic N) is 1. The summed E-state index contributed by atoms with van der Waals surface area (Å²) in [5.41, 5.74) is 3.62. The second-order valence-corrected chi connectivity index (χ2v) is 6.25. The van der Waals surface area contributed by atoms with Crippen LogP contribution in [-0.2, 0) is 0 Å². The molecule has 0 saturated carbocycles. The van der Waals surface area contributed by atoms with E-state index < -0.39 is 0 Å². The maximum Gasteiger partial charge on any atom is 0.0702 e. The van der Waals surface area contributed by atoms with Crippen LogP contribution in [0.15, 0.2) is 60.8 Å². The molecule has 1 N–H and O–H groups in total. The van der Waals surface area contributed by atoms with Crippen LogP contribution in [0.4, 0.5) is 0 Å². The van der Waals surface area contributed by atoms with Gasteiger partial charge in [-0.15, -0.1) is 0 Å². The Kier molecular flexibility index (Phi) is 4.51. The summed E-state index contributed by atoms with van der Waals surface area (Å²) >= 11 is 2.36. The van der Waals surface area contributed by atoms with Crippen molar-refractivity contribution in [2.24, 2.45) is 0 Å². The highest BCUT2D eigenvalue weighted by Gasteiger charge is 2.13.